The lowest BCUT2D eigenvalue weighted by Crippen LogP contribution is -2.28. The Bertz CT molecular complexity index is 1370. The van der Waals surface area contributed by atoms with Crippen molar-refractivity contribution in [2.75, 3.05) is 5.32 Å². The smallest absolute Gasteiger partial charge is 0.319 e. The Labute approximate surface area is 195 Å². The third-order valence-corrected chi connectivity index (χ3v) is 6.10. The summed E-state index contributed by atoms with van der Waals surface area (Å²) in [5, 5.41) is 6.89. The van der Waals surface area contributed by atoms with Gasteiger partial charge in [-0.2, -0.15) is 0 Å². The van der Waals surface area contributed by atoms with Crippen LogP contribution in [-0.2, 0) is 6.54 Å². The highest BCUT2D eigenvalue weighted by Crippen LogP contribution is 2.35. The second kappa shape index (κ2) is 9.58. The molecule has 0 aliphatic carbocycles. The van der Waals surface area contributed by atoms with Gasteiger partial charge in [0.15, 0.2) is 0 Å². The average molecular weight is 452 g/mol. The summed E-state index contributed by atoms with van der Waals surface area (Å²) in [6, 6.07) is 23.7. The van der Waals surface area contributed by atoms with Gasteiger partial charge in [0.2, 0.25) is 0 Å². The summed E-state index contributed by atoms with van der Waals surface area (Å²) < 4.78 is 2.17. The minimum atomic E-state index is -0.254. The van der Waals surface area contributed by atoms with Crippen molar-refractivity contribution in [2.24, 2.45) is 0 Å². The molecule has 3 heterocycles. The van der Waals surface area contributed by atoms with E-state index in [9.17, 15) is 4.79 Å². The summed E-state index contributed by atoms with van der Waals surface area (Å²) in [5.74, 6) is 0. The molecule has 0 spiro atoms. The monoisotopic (exact) mass is 451 g/mol. The number of nitrogens with zero attached hydrogens (tertiary/aromatic N) is 3. The SMILES string of the molecule is O=C(NCc1cccnc1)Nc1ccc(-c2cn(Sc3cccnc3)c3ccccc23)cc1. The van der Waals surface area contributed by atoms with Gasteiger partial charge >= 0.3 is 6.03 Å². The first-order valence-corrected chi connectivity index (χ1v) is 11.3. The first-order valence-electron chi connectivity index (χ1n) is 10.5. The number of nitrogens with one attached hydrogen (secondary N) is 2. The van der Waals surface area contributed by atoms with Crippen molar-refractivity contribution in [3.8, 4) is 11.1 Å². The molecule has 5 aromatic rings. The lowest BCUT2D eigenvalue weighted by molar-refractivity contribution is 0.251. The number of rotatable bonds is 6. The maximum Gasteiger partial charge on any atom is 0.319 e. The van der Waals surface area contributed by atoms with Gasteiger partial charge in [0.05, 0.1) is 5.52 Å². The summed E-state index contributed by atoms with van der Waals surface area (Å²) in [6.07, 6.45) is 9.22. The molecule has 2 N–H and O–H groups in total. The van der Waals surface area contributed by atoms with Crippen LogP contribution in [0.3, 0.4) is 0 Å². The second-order valence-corrected chi connectivity index (χ2v) is 8.46. The first-order chi connectivity index (χ1) is 16.3. The fraction of sp³-hybridized carbons (Fsp3) is 0.0385. The zero-order valence-electron chi connectivity index (χ0n) is 17.7. The minimum absolute atomic E-state index is 0.254. The zero-order valence-corrected chi connectivity index (χ0v) is 18.5. The molecule has 5 rings (SSSR count). The molecule has 0 unspecified atom stereocenters. The van der Waals surface area contributed by atoms with Crippen LogP contribution in [0.5, 0.6) is 0 Å². The summed E-state index contributed by atoms with van der Waals surface area (Å²) in [4.78, 5) is 21.6. The molecule has 33 heavy (non-hydrogen) atoms. The molecule has 0 radical (unpaired) electrons. The molecule has 0 atom stereocenters. The van der Waals surface area contributed by atoms with Gasteiger partial charge in [-0.3, -0.25) is 13.9 Å². The van der Waals surface area contributed by atoms with Crippen molar-refractivity contribution in [1.29, 1.82) is 0 Å². The normalized spacial score (nSPS) is 10.8. The van der Waals surface area contributed by atoms with Crippen molar-refractivity contribution in [3.63, 3.8) is 0 Å². The van der Waals surface area contributed by atoms with Crippen LogP contribution < -0.4 is 10.6 Å². The number of benzene rings is 2. The Morgan fingerprint density at radius 1 is 0.879 bits per heavy atom. The summed E-state index contributed by atoms with van der Waals surface area (Å²) in [6.45, 7) is 0.422. The fourth-order valence-electron chi connectivity index (χ4n) is 3.56. The van der Waals surface area contributed by atoms with Crippen LogP contribution in [0.2, 0.25) is 0 Å². The second-order valence-electron chi connectivity index (χ2n) is 7.41. The molecule has 6 nitrogen and oxygen atoms in total. The molecule has 0 saturated heterocycles. The molecular formula is C26H21N5OS. The van der Waals surface area contributed by atoms with Crippen molar-refractivity contribution >= 4 is 34.6 Å². The molecule has 162 valence electrons. The number of urea groups is 1. The van der Waals surface area contributed by atoms with E-state index in [0.29, 0.717) is 6.54 Å². The molecular weight excluding hydrogens is 430 g/mol. The summed E-state index contributed by atoms with van der Waals surface area (Å²) >= 11 is 1.63. The van der Waals surface area contributed by atoms with E-state index in [1.54, 1.807) is 30.5 Å². The highest BCUT2D eigenvalue weighted by molar-refractivity contribution is 7.98. The van der Waals surface area contributed by atoms with Crippen LogP contribution >= 0.6 is 11.9 Å². The van der Waals surface area contributed by atoms with E-state index in [4.69, 9.17) is 0 Å². The Kier molecular flexibility index (Phi) is 6.04. The van der Waals surface area contributed by atoms with Crippen LogP contribution in [0.4, 0.5) is 10.5 Å². The van der Waals surface area contributed by atoms with E-state index in [1.165, 1.54) is 5.39 Å². The average Bonchev–Trinajstić information content (AvgIpc) is 3.23. The lowest BCUT2D eigenvalue weighted by atomic mass is 10.0. The lowest BCUT2D eigenvalue weighted by Gasteiger charge is -2.08. The minimum Gasteiger partial charge on any atom is -0.334 e. The van der Waals surface area contributed by atoms with Gasteiger partial charge in [0, 0.05) is 59.1 Å². The van der Waals surface area contributed by atoms with E-state index in [1.807, 2.05) is 66.9 Å². The third kappa shape index (κ3) is 4.88. The molecule has 0 aliphatic heterocycles. The predicted molar refractivity (Wildman–Crippen MR) is 133 cm³/mol. The van der Waals surface area contributed by atoms with Crippen molar-refractivity contribution in [3.05, 3.63) is 109 Å². The van der Waals surface area contributed by atoms with Gasteiger partial charge in [0.1, 0.15) is 0 Å². The fourth-order valence-corrected chi connectivity index (χ4v) is 4.45. The van der Waals surface area contributed by atoms with E-state index in [2.05, 4.69) is 42.9 Å². The molecule has 0 aliphatic rings. The number of pyridine rings is 2. The highest BCUT2D eigenvalue weighted by atomic mass is 32.2. The molecule has 2 amide bonds. The predicted octanol–water partition coefficient (Wildman–Crippen LogP) is 5.98. The van der Waals surface area contributed by atoms with E-state index >= 15 is 0 Å². The summed E-state index contributed by atoms with van der Waals surface area (Å²) in [5.41, 5.74) is 5.03. The zero-order chi connectivity index (χ0) is 22.5. The molecule has 0 fully saturated rings. The van der Waals surface area contributed by atoms with E-state index in [-0.39, 0.29) is 6.03 Å². The van der Waals surface area contributed by atoms with Gasteiger partial charge in [-0.1, -0.05) is 36.4 Å². The number of carbonyl (C=O) groups is 1. The number of hydrogen-bond acceptors (Lipinski definition) is 4. The molecule has 0 bridgehead atoms. The largest absolute Gasteiger partial charge is 0.334 e. The highest BCUT2D eigenvalue weighted by Gasteiger charge is 2.11. The number of anilines is 1. The molecule has 0 saturated carbocycles. The Morgan fingerprint density at radius 3 is 2.42 bits per heavy atom. The van der Waals surface area contributed by atoms with Gasteiger partial charge in [-0.25, -0.2) is 4.79 Å². The summed E-state index contributed by atoms with van der Waals surface area (Å²) in [7, 11) is 0. The van der Waals surface area contributed by atoms with Crippen LogP contribution in [0.15, 0.2) is 109 Å². The molecule has 2 aromatic carbocycles. The standard InChI is InChI=1S/C26H21N5OS/c32-26(29-16-19-5-3-13-27-15-19)30-21-11-9-20(10-12-21)24-18-31(25-8-2-1-7-23(24)25)33-22-6-4-14-28-17-22/h1-15,17-18H,16H2,(H2,29,30,32). The van der Waals surface area contributed by atoms with Crippen LogP contribution in [0.1, 0.15) is 5.56 Å². The number of fused-ring (bicyclic) bond motifs is 1. The topological polar surface area (TPSA) is 71.8 Å². The van der Waals surface area contributed by atoms with Gasteiger partial charge in [-0.05, 0) is 59.5 Å². The number of amides is 2. The number of para-hydroxylation sites is 1. The van der Waals surface area contributed by atoms with Crippen molar-refractivity contribution in [1.82, 2.24) is 19.3 Å². The number of hydrogen-bond donors (Lipinski definition) is 2. The van der Waals surface area contributed by atoms with Crippen LogP contribution in [0, 0.1) is 0 Å². The van der Waals surface area contributed by atoms with Crippen LogP contribution in [0.25, 0.3) is 22.0 Å². The first kappa shape index (κ1) is 20.8. The van der Waals surface area contributed by atoms with E-state index in [0.717, 1.165) is 32.8 Å². The van der Waals surface area contributed by atoms with Crippen LogP contribution in [-0.4, -0.2) is 20.0 Å². The quantitative estimate of drug-likeness (QED) is 0.333. The number of carbonyl (C=O) groups excluding carboxylic acids is 1. The van der Waals surface area contributed by atoms with E-state index < -0.39 is 0 Å². The Balaban J connectivity index is 1.32. The van der Waals surface area contributed by atoms with Gasteiger partial charge < -0.3 is 10.6 Å². The van der Waals surface area contributed by atoms with Gasteiger partial charge in [-0.15, -0.1) is 0 Å². The number of aromatic nitrogens is 3. The Hall–Kier alpha value is -4.10. The molecule has 3 aromatic heterocycles. The van der Waals surface area contributed by atoms with Gasteiger partial charge in [0.25, 0.3) is 0 Å². The van der Waals surface area contributed by atoms with Crippen molar-refractivity contribution < 1.29 is 4.79 Å². The van der Waals surface area contributed by atoms with Crippen molar-refractivity contribution in [2.45, 2.75) is 11.4 Å². The molecule has 7 heteroatoms. The maximum atomic E-state index is 12.2. The Morgan fingerprint density at radius 2 is 1.67 bits per heavy atom. The third-order valence-electron chi connectivity index (χ3n) is 5.15. The maximum absolute atomic E-state index is 12.2.